The summed E-state index contributed by atoms with van der Waals surface area (Å²) in [5, 5.41) is 4.67. The number of likely N-dealkylation sites (tertiary alicyclic amines) is 1. The fourth-order valence-corrected chi connectivity index (χ4v) is 3.50. The van der Waals surface area contributed by atoms with E-state index < -0.39 is 0 Å². The van der Waals surface area contributed by atoms with Crippen molar-refractivity contribution in [3.05, 3.63) is 17.5 Å². The van der Waals surface area contributed by atoms with Crippen LogP contribution in [0.4, 0.5) is 0 Å². The van der Waals surface area contributed by atoms with Crippen molar-refractivity contribution in [2.24, 2.45) is 11.7 Å². The number of piperidine rings is 1. The first kappa shape index (κ1) is 19.3. The summed E-state index contributed by atoms with van der Waals surface area (Å²) in [5.41, 5.74) is 7.75. The SMILES string of the molecule is CC(N)C1CCN(C(=O)c2cc(C3CC3)n(C(C)(C)C)n2)CC1.Cl. The first-order valence-corrected chi connectivity index (χ1v) is 8.92. The van der Waals surface area contributed by atoms with Gasteiger partial charge in [0.05, 0.1) is 5.54 Å². The fraction of sp³-hybridized carbons (Fsp3) is 0.778. The van der Waals surface area contributed by atoms with Crippen LogP contribution in [0.2, 0.25) is 0 Å². The average molecular weight is 355 g/mol. The van der Waals surface area contributed by atoms with Crippen LogP contribution in [0.25, 0.3) is 0 Å². The molecule has 0 bridgehead atoms. The molecule has 6 heteroatoms. The van der Waals surface area contributed by atoms with Crippen molar-refractivity contribution in [2.45, 2.75) is 70.9 Å². The van der Waals surface area contributed by atoms with E-state index in [4.69, 9.17) is 5.73 Å². The van der Waals surface area contributed by atoms with Gasteiger partial charge in [0.25, 0.3) is 5.91 Å². The van der Waals surface area contributed by atoms with Gasteiger partial charge in [-0.3, -0.25) is 9.48 Å². The topological polar surface area (TPSA) is 64.2 Å². The Morgan fingerprint density at radius 3 is 2.29 bits per heavy atom. The zero-order valence-corrected chi connectivity index (χ0v) is 16.1. The third-order valence-electron chi connectivity index (χ3n) is 5.16. The average Bonchev–Trinajstić information content (AvgIpc) is 3.23. The molecule has 1 atom stereocenters. The number of halogens is 1. The molecule has 1 aliphatic carbocycles. The van der Waals surface area contributed by atoms with Gasteiger partial charge in [0.2, 0.25) is 0 Å². The predicted octanol–water partition coefficient (Wildman–Crippen LogP) is 3.14. The maximum absolute atomic E-state index is 12.8. The Balaban J connectivity index is 0.00000208. The van der Waals surface area contributed by atoms with E-state index in [-0.39, 0.29) is 29.9 Å². The van der Waals surface area contributed by atoms with Crippen molar-refractivity contribution >= 4 is 18.3 Å². The molecule has 1 unspecified atom stereocenters. The van der Waals surface area contributed by atoms with Crippen LogP contribution in [0.15, 0.2) is 6.07 Å². The normalized spacial score (nSPS) is 20.6. The van der Waals surface area contributed by atoms with E-state index in [2.05, 4.69) is 37.5 Å². The zero-order valence-electron chi connectivity index (χ0n) is 15.3. The number of hydrogen-bond donors (Lipinski definition) is 1. The molecule has 2 heterocycles. The molecule has 1 amide bonds. The molecule has 1 aliphatic heterocycles. The number of carbonyl (C=O) groups is 1. The van der Waals surface area contributed by atoms with Crippen molar-refractivity contribution in [1.29, 1.82) is 0 Å². The molecule has 0 spiro atoms. The van der Waals surface area contributed by atoms with Crippen LogP contribution in [0, 0.1) is 5.92 Å². The standard InChI is InChI=1S/C18H30N4O.ClH/c1-12(19)13-7-9-21(10-8-13)17(23)15-11-16(14-5-6-14)22(20-15)18(2,3)4;/h11-14H,5-10,19H2,1-4H3;1H. The number of hydrogen-bond acceptors (Lipinski definition) is 3. The highest BCUT2D eigenvalue weighted by Gasteiger charge is 2.34. The van der Waals surface area contributed by atoms with Crippen molar-refractivity contribution in [3.8, 4) is 0 Å². The van der Waals surface area contributed by atoms with Gasteiger partial charge < -0.3 is 10.6 Å². The van der Waals surface area contributed by atoms with Gasteiger partial charge in [-0.25, -0.2) is 0 Å². The number of rotatable bonds is 3. The predicted molar refractivity (Wildman–Crippen MR) is 98.7 cm³/mol. The highest BCUT2D eigenvalue weighted by atomic mass is 35.5. The Kier molecular flexibility index (Phi) is 5.65. The second-order valence-corrected chi connectivity index (χ2v) is 8.30. The molecule has 1 saturated heterocycles. The van der Waals surface area contributed by atoms with Crippen LogP contribution >= 0.6 is 12.4 Å². The number of nitrogens with zero attached hydrogens (tertiary/aromatic N) is 3. The van der Waals surface area contributed by atoms with Gasteiger partial charge in [0.1, 0.15) is 0 Å². The minimum absolute atomic E-state index is 0. The van der Waals surface area contributed by atoms with Crippen molar-refractivity contribution < 1.29 is 4.79 Å². The maximum atomic E-state index is 12.8. The van der Waals surface area contributed by atoms with E-state index in [1.165, 1.54) is 18.5 Å². The van der Waals surface area contributed by atoms with E-state index in [1.807, 2.05) is 11.0 Å². The Morgan fingerprint density at radius 2 is 1.83 bits per heavy atom. The van der Waals surface area contributed by atoms with E-state index in [0.29, 0.717) is 17.5 Å². The van der Waals surface area contributed by atoms with E-state index in [0.717, 1.165) is 25.9 Å². The van der Waals surface area contributed by atoms with Gasteiger partial charge in [0, 0.05) is 30.7 Å². The van der Waals surface area contributed by atoms with Crippen LogP contribution in [0.3, 0.4) is 0 Å². The van der Waals surface area contributed by atoms with Gasteiger partial charge >= 0.3 is 0 Å². The number of aromatic nitrogens is 2. The van der Waals surface area contributed by atoms with Gasteiger partial charge in [0.15, 0.2) is 5.69 Å². The molecule has 24 heavy (non-hydrogen) atoms. The Hall–Kier alpha value is -1.07. The van der Waals surface area contributed by atoms with E-state index in [1.54, 1.807) is 0 Å². The summed E-state index contributed by atoms with van der Waals surface area (Å²) >= 11 is 0. The summed E-state index contributed by atoms with van der Waals surface area (Å²) in [6, 6.07) is 2.25. The lowest BCUT2D eigenvalue weighted by Crippen LogP contribution is -2.42. The minimum Gasteiger partial charge on any atom is -0.337 e. The molecule has 0 aromatic carbocycles. The molecule has 2 N–H and O–H groups in total. The summed E-state index contributed by atoms with van der Waals surface area (Å²) < 4.78 is 2.06. The van der Waals surface area contributed by atoms with Crippen molar-refractivity contribution in [3.63, 3.8) is 0 Å². The number of nitrogens with two attached hydrogens (primary N) is 1. The van der Waals surface area contributed by atoms with Crippen LogP contribution in [-0.4, -0.2) is 39.7 Å². The minimum atomic E-state index is -0.0849. The largest absolute Gasteiger partial charge is 0.337 e. The summed E-state index contributed by atoms with van der Waals surface area (Å²) in [7, 11) is 0. The summed E-state index contributed by atoms with van der Waals surface area (Å²) in [4.78, 5) is 14.8. The summed E-state index contributed by atoms with van der Waals surface area (Å²) in [6.07, 6.45) is 4.43. The van der Waals surface area contributed by atoms with Gasteiger partial charge in [-0.05, 0) is 65.4 Å². The first-order chi connectivity index (χ1) is 10.8. The second kappa shape index (κ2) is 7.04. The second-order valence-electron chi connectivity index (χ2n) is 8.30. The summed E-state index contributed by atoms with van der Waals surface area (Å²) in [6.45, 7) is 10.1. The molecule has 1 aromatic rings. The Bertz CT molecular complexity index is 578. The molecule has 1 saturated carbocycles. The molecule has 5 nitrogen and oxygen atoms in total. The van der Waals surface area contributed by atoms with Crippen LogP contribution in [0.1, 0.15) is 75.5 Å². The van der Waals surface area contributed by atoms with Crippen LogP contribution < -0.4 is 5.73 Å². The number of amides is 1. The third-order valence-corrected chi connectivity index (χ3v) is 5.16. The van der Waals surface area contributed by atoms with Crippen LogP contribution in [-0.2, 0) is 5.54 Å². The lowest BCUT2D eigenvalue weighted by atomic mass is 9.91. The molecule has 0 radical (unpaired) electrons. The molecule has 1 aromatic heterocycles. The monoisotopic (exact) mass is 354 g/mol. The highest BCUT2D eigenvalue weighted by molar-refractivity contribution is 5.92. The fourth-order valence-electron chi connectivity index (χ4n) is 3.50. The molecule has 136 valence electrons. The molecular weight excluding hydrogens is 324 g/mol. The summed E-state index contributed by atoms with van der Waals surface area (Å²) in [5.74, 6) is 1.21. The van der Waals surface area contributed by atoms with Gasteiger partial charge in [-0.1, -0.05) is 0 Å². The molecule has 2 fully saturated rings. The quantitative estimate of drug-likeness (QED) is 0.906. The molecular formula is C18H31ClN4O. The maximum Gasteiger partial charge on any atom is 0.274 e. The number of carbonyl (C=O) groups excluding carboxylic acids is 1. The third kappa shape index (κ3) is 3.94. The lowest BCUT2D eigenvalue weighted by molar-refractivity contribution is 0.0673. The highest BCUT2D eigenvalue weighted by Crippen LogP contribution is 2.41. The van der Waals surface area contributed by atoms with Crippen LogP contribution in [0.5, 0.6) is 0 Å². The van der Waals surface area contributed by atoms with Gasteiger partial charge in [-0.2, -0.15) is 5.10 Å². The van der Waals surface area contributed by atoms with E-state index in [9.17, 15) is 4.79 Å². The molecule has 2 aliphatic rings. The lowest BCUT2D eigenvalue weighted by Gasteiger charge is -2.33. The Labute approximate surface area is 151 Å². The zero-order chi connectivity index (χ0) is 16.8. The van der Waals surface area contributed by atoms with E-state index >= 15 is 0 Å². The van der Waals surface area contributed by atoms with Crippen molar-refractivity contribution in [2.75, 3.05) is 13.1 Å². The van der Waals surface area contributed by atoms with Gasteiger partial charge in [-0.15, -0.1) is 12.4 Å². The smallest absolute Gasteiger partial charge is 0.274 e. The van der Waals surface area contributed by atoms with Crippen molar-refractivity contribution in [1.82, 2.24) is 14.7 Å². The Morgan fingerprint density at radius 1 is 1.25 bits per heavy atom. The molecule has 3 rings (SSSR count). The first-order valence-electron chi connectivity index (χ1n) is 8.92.